The third-order valence-corrected chi connectivity index (χ3v) is 4.71. The first-order valence-corrected chi connectivity index (χ1v) is 9.36. The number of methoxy groups -OCH3 is 1. The minimum absolute atomic E-state index is 0.0463. The summed E-state index contributed by atoms with van der Waals surface area (Å²) in [6.07, 6.45) is -1.97. The number of benzene rings is 1. The number of ether oxygens (including phenoxy) is 2. The molecule has 1 aromatic rings. The lowest BCUT2D eigenvalue weighted by Gasteiger charge is -2.31. The maximum Gasteiger partial charge on any atom is 0.360 e. The molecule has 3 atom stereocenters. The number of aliphatic carboxylic acids is 1. The number of amides is 2. The van der Waals surface area contributed by atoms with Crippen molar-refractivity contribution < 1.29 is 39.2 Å². The number of morpholine rings is 1. The fraction of sp³-hybridized carbons (Fsp3) is 0.526. The van der Waals surface area contributed by atoms with Gasteiger partial charge in [-0.25, -0.2) is 4.79 Å². The molecule has 30 heavy (non-hydrogen) atoms. The molecule has 0 saturated carbocycles. The molecule has 166 valence electrons. The van der Waals surface area contributed by atoms with Gasteiger partial charge in [0.2, 0.25) is 11.8 Å². The number of hydrogen-bond donors (Lipinski definition) is 5. The van der Waals surface area contributed by atoms with Crippen molar-refractivity contribution in [1.29, 1.82) is 0 Å². The number of rotatable bonds is 9. The van der Waals surface area contributed by atoms with Crippen LogP contribution in [0.25, 0.3) is 0 Å². The van der Waals surface area contributed by atoms with E-state index in [2.05, 4.69) is 5.32 Å². The third kappa shape index (κ3) is 5.89. The standard InChI is InChI=1S/C19H27N3O8/c1-12(20-15(23)11-22-7-9-30-10-8-22)17(25)21-19(28,18(26)27)16(24)13-3-5-14(29-2)6-4-13/h3-6,12,16,24,28H,7-11H2,1-2H3,(H,20,23)(H,21,25)(H,26,27)/t12-,16+,19-/m0/s1. The van der Waals surface area contributed by atoms with Crippen LogP contribution in [0.4, 0.5) is 0 Å². The van der Waals surface area contributed by atoms with E-state index < -0.39 is 35.7 Å². The van der Waals surface area contributed by atoms with E-state index in [1.807, 2.05) is 10.2 Å². The van der Waals surface area contributed by atoms with Crippen LogP contribution in [0.5, 0.6) is 5.75 Å². The van der Waals surface area contributed by atoms with Crippen molar-refractivity contribution in [3.63, 3.8) is 0 Å². The number of carbonyl (C=O) groups excluding carboxylic acids is 2. The first-order valence-electron chi connectivity index (χ1n) is 9.36. The molecule has 1 fully saturated rings. The summed E-state index contributed by atoms with van der Waals surface area (Å²) in [6.45, 7) is 3.59. The zero-order valence-electron chi connectivity index (χ0n) is 16.8. The average molecular weight is 425 g/mol. The summed E-state index contributed by atoms with van der Waals surface area (Å²) in [4.78, 5) is 38.0. The molecule has 1 aliphatic heterocycles. The molecule has 0 bridgehead atoms. The molecule has 2 amide bonds. The first kappa shape index (κ1) is 23.5. The van der Waals surface area contributed by atoms with Crippen molar-refractivity contribution in [1.82, 2.24) is 15.5 Å². The van der Waals surface area contributed by atoms with Gasteiger partial charge in [0.05, 0.1) is 26.9 Å². The highest BCUT2D eigenvalue weighted by molar-refractivity contribution is 5.91. The number of aliphatic hydroxyl groups excluding tert-OH is 1. The SMILES string of the molecule is COc1ccc([C@@H](O)[C@@](O)(NC(=O)[C@H](C)NC(=O)CN2CCOCC2)C(=O)O)cc1. The Kier molecular flexibility index (Phi) is 8.12. The molecule has 1 heterocycles. The predicted octanol–water partition coefficient (Wildman–Crippen LogP) is -1.55. The highest BCUT2D eigenvalue weighted by Gasteiger charge is 2.46. The molecule has 2 rings (SSSR count). The molecule has 1 aliphatic rings. The number of nitrogens with zero attached hydrogens (tertiary/aromatic N) is 1. The molecule has 0 aromatic heterocycles. The second-order valence-electron chi connectivity index (χ2n) is 6.91. The summed E-state index contributed by atoms with van der Waals surface area (Å²) in [5, 5.41) is 34.7. The molecule has 1 aromatic carbocycles. The lowest BCUT2D eigenvalue weighted by atomic mass is 9.98. The molecular formula is C19H27N3O8. The van der Waals surface area contributed by atoms with Gasteiger partial charge in [0.15, 0.2) is 0 Å². The van der Waals surface area contributed by atoms with Gasteiger partial charge >= 0.3 is 5.97 Å². The van der Waals surface area contributed by atoms with E-state index in [1.165, 1.54) is 38.3 Å². The lowest BCUT2D eigenvalue weighted by molar-refractivity contribution is -0.182. The number of carbonyl (C=O) groups is 3. The second kappa shape index (κ2) is 10.3. The summed E-state index contributed by atoms with van der Waals surface area (Å²) in [5.41, 5.74) is -2.96. The molecule has 1 saturated heterocycles. The van der Waals surface area contributed by atoms with Crippen LogP contribution < -0.4 is 15.4 Å². The van der Waals surface area contributed by atoms with Crippen LogP contribution in [0.2, 0.25) is 0 Å². The van der Waals surface area contributed by atoms with Gasteiger partial charge in [-0.05, 0) is 24.6 Å². The van der Waals surface area contributed by atoms with Gasteiger partial charge in [0, 0.05) is 13.1 Å². The minimum Gasteiger partial charge on any atom is -0.497 e. The van der Waals surface area contributed by atoms with Crippen LogP contribution in [0.3, 0.4) is 0 Å². The molecule has 0 unspecified atom stereocenters. The summed E-state index contributed by atoms with van der Waals surface area (Å²) in [5.74, 6) is -2.80. The molecule has 11 nitrogen and oxygen atoms in total. The van der Waals surface area contributed by atoms with E-state index in [-0.39, 0.29) is 12.1 Å². The Labute approximate surface area is 173 Å². The van der Waals surface area contributed by atoms with Crippen LogP contribution in [0.15, 0.2) is 24.3 Å². The van der Waals surface area contributed by atoms with E-state index >= 15 is 0 Å². The van der Waals surface area contributed by atoms with Crippen molar-refractivity contribution in [3.05, 3.63) is 29.8 Å². The average Bonchev–Trinajstić information content (AvgIpc) is 2.73. The Bertz CT molecular complexity index is 751. The fourth-order valence-electron chi connectivity index (χ4n) is 2.88. The molecule has 0 aliphatic carbocycles. The predicted molar refractivity (Wildman–Crippen MR) is 104 cm³/mol. The Morgan fingerprint density at radius 2 is 1.83 bits per heavy atom. The van der Waals surface area contributed by atoms with Crippen LogP contribution >= 0.6 is 0 Å². The van der Waals surface area contributed by atoms with Gasteiger partial charge in [-0.1, -0.05) is 12.1 Å². The van der Waals surface area contributed by atoms with Gasteiger partial charge in [-0.15, -0.1) is 0 Å². The van der Waals surface area contributed by atoms with E-state index in [1.54, 1.807) is 0 Å². The van der Waals surface area contributed by atoms with Gasteiger partial charge in [0.1, 0.15) is 17.9 Å². The van der Waals surface area contributed by atoms with Crippen molar-refractivity contribution >= 4 is 17.8 Å². The minimum atomic E-state index is -3.01. The molecular weight excluding hydrogens is 398 g/mol. The van der Waals surface area contributed by atoms with Gasteiger partial charge < -0.3 is 35.4 Å². The van der Waals surface area contributed by atoms with Crippen molar-refractivity contribution in [2.75, 3.05) is 40.0 Å². The van der Waals surface area contributed by atoms with Crippen LogP contribution in [0.1, 0.15) is 18.6 Å². The number of hydrogen-bond acceptors (Lipinski definition) is 8. The van der Waals surface area contributed by atoms with Crippen LogP contribution in [0, 0.1) is 0 Å². The summed E-state index contributed by atoms with van der Waals surface area (Å²) >= 11 is 0. The third-order valence-electron chi connectivity index (χ3n) is 4.71. The zero-order valence-corrected chi connectivity index (χ0v) is 16.8. The highest BCUT2D eigenvalue weighted by Crippen LogP contribution is 2.26. The smallest absolute Gasteiger partial charge is 0.360 e. The largest absolute Gasteiger partial charge is 0.497 e. The quantitative estimate of drug-likeness (QED) is 0.296. The summed E-state index contributed by atoms with van der Waals surface area (Å²) in [7, 11) is 1.44. The molecule has 5 N–H and O–H groups in total. The van der Waals surface area contributed by atoms with Crippen molar-refractivity contribution in [2.45, 2.75) is 24.8 Å². The maximum atomic E-state index is 12.4. The van der Waals surface area contributed by atoms with E-state index in [9.17, 15) is 29.7 Å². The lowest BCUT2D eigenvalue weighted by Crippen LogP contribution is -2.62. The molecule has 0 spiro atoms. The normalized spacial score (nSPS) is 18.5. The molecule has 0 radical (unpaired) electrons. The Balaban J connectivity index is 2.01. The number of carboxylic acid groups (broad SMARTS) is 1. The maximum absolute atomic E-state index is 12.4. The number of carboxylic acids is 1. The van der Waals surface area contributed by atoms with Crippen LogP contribution in [-0.4, -0.2) is 89.7 Å². The Morgan fingerprint density at radius 1 is 1.23 bits per heavy atom. The van der Waals surface area contributed by atoms with Gasteiger partial charge in [-0.2, -0.15) is 0 Å². The van der Waals surface area contributed by atoms with Gasteiger partial charge in [0.25, 0.3) is 5.72 Å². The summed E-state index contributed by atoms with van der Waals surface area (Å²) < 4.78 is 10.2. The first-order chi connectivity index (χ1) is 14.2. The van der Waals surface area contributed by atoms with E-state index in [4.69, 9.17) is 9.47 Å². The topological polar surface area (TPSA) is 158 Å². The monoisotopic (exact) mass is 425 g/mol. The summed E-state index contributed by atoms with van der Waals surface area (Å²) in [6, 6.07) is 4.51. The Morgan fingerprint density at radius 3 is 2.37 bits per heavy atom. The van der Waals surface area contributed by atoms with Gasteiger partial charge in [-0.3, -0.25) is 14.5 Å². The Hall–Kier alpha value is -2.73. The molecule has 11 heteroatoms. The second-order valence-corrected chi connectivity index (χ2v) is 6.91. The number of nitrogens with one attached hydrogen (secondary N) is 2. The van der Waals surface area contributed by atoms with Crippen molar-refractivity contribution in [2.24, 2.45) is 0 Å². The highest BCUT2D eigenvalue weighted by atomic mass is 16.5. The van der Waals surface area contributed by atoms with Crippen molar-refractivity contribution in [3.8, 4) is 5.75 Å². The van der Waals surface area contributed by atoms with Crippen LogP contribution in [-0.2, 0) is 19.1 Å². The zero-order chi connectivity index (χ0) is 22.3. The van der Waals surface area contributed by atoms with E-state index in [0.717, 1.165) is 0 Å². The van der Waals surface area contributed by atoms with E-state index in [0.29, 0.717) is 32.1 Å². The fourth-order valence-corrected chi connectivity index (χ4v) is 2.88. The number of aliphatic hydroxyl groups is 2.